The third-order valence-corrected chi connectivity index (χ3v) is 6.21. The lowest BCUT2D eigenvalue weighted by Gasteiger charge is -2.45. The summed E-state index contributed by atoms with van der Waals surface area (Å²) < 4.78 is 4.07. The van der Waals surface area contributed by atoms with E-state index >= 15 is 0 Å². The first-order valence-corrected chi connectivity index (χ1v) is 9.89. The molecular formula is C19H19N7OS. The van der Waals surface area contributed by atoms with Crippen LogP contribution in [0, 0.1) is 0 Å². The van der Waals surface area contributed by atoms with Gasteiger partial charge in [-0.15, -0.1) is 0 Å². The predicted octanol–water partition coefficient (Wildman–Crippen LogP) is 2.05. The SMILES string of the molecule is Nc1nc(N2CC(O)(c3ccns3)C2)nc2c1N=CC(c1ccncc1)CC2. The zero-order chi connectivity index (χ0) is 19.1. The van der Waals surface area contributed by atoms with Crippen molar-refractivity contribution in [1.29, 1.82) is 0 Å². The van der Waals surface area contributed by atoms with Crippen molar-refractivity contribution >= 4 is 35.2 Å². The Kier molecular flexibility index (Phi) is 4.06. The Morgan fingerprint density at radius 2 is 1.96 bits per heavy atom. The summed E-state index contributed by atoms with van der Waals surface area (Å²) in [5.41, 5.74) is 7.99. The van der Waals surface area contributed by atoms with Crippen molar-refractivity contribution in [3.05, 3.63) is 52.9 Å². The number of nitrogens with two attached hydrogens (primary N) is 1. The summed E-state index contributed by atoms with van der Waals surface area (Å²) in [6, 6.07) is 5.86. The fraction of sp³-hybridized carbons (Fsp3) is 0.316. The predicted molar refractivity (Wildman–Crippen MR) is 108 cm³/mol. The van der Waals surface area contributed by atoms with Crippen LogP contribution in [0.1, 0.15) is 28.5 Å². The minimum atomic E-state index is -0.892. The molecule has 2 aliphatic rings. The number of nitrogens with zero attached hydrogens (tertiary/aromatic N) is 6. The Morgan fingerprint density at radius 3 is 2.71 bits per heavy atom. The Hall–Kier alpha value is -2.91. The average Bonchev–Trinajstić information content (AvgIpc) is 3.14. The first-order valence-electron chi connectivity index (χ1n) is 9.11. The molecule has 5 heterocycles. The molecule has 8 nitrogen and oxygen atoms in total. The molecule has 2 aliphatic heterocycles. The topological polar surface area (TPSA) is 113 Å². The van der Waals surface area contributed by atoms with Crippen molar-refractivity contribution in [2.75, 3.05) is 23.7 Å². The molecule has 28 heavy (non-hydrogen) atoms. The van der Waals surface area contributed by atoms with E-state index in [4.69, 9.17) is 10.7 Å². The molecule has 1 fully saturated rings. The van der Waals surface area contributed by atoms with E-state index in [1.54, 1.807) is 18.6 Å². The standard InChI is InChI=1S/C19H19N7OS/c20-17-16-14(2-1-13(9-22-16)12-3-6-21-7-4-12)24-18(25-17)26-10-19(27,11-26)15-5-8-23-28-15/h3-9,13,27H,1-2,10-11H2,(H2,20,24,25). The Balaban J connectivity index is 1.37. The van der Waals surface area contributed by atoms with Gasteiger partial charge in [-0.2, -0.15) is 4.98 Å². The minimum Gasteiger partial charge on any atom is -0.382 e. The number of aromatic nitrogens is 4. The van der Waals surface area contributed by atoms with Crippen LogP contribution >= 0.6 is 11.5 Å². The number of aryl methyl sites for hydroxylation is 1. The van der Waals surface area contributed by atoms with Gasteiger partial charge in [-0.3, -0.25) is 9.98 Å². The van der Waals surface area contributed by atoms with Gasteiger partial charge in [0.15, 0.2) is 5.82 Å². The van der Waals surface area contributed by atoms with Crippen LogP contribution in [0.2, 0.25) is 0 Å². The monoisotopic (exact) mass is 393 g/mol. The molecule has 0 aromatic carbocycles. The second-order valence-electron chi connectivity index (χ2n) is 7.17. The molecule has 0 amide bonds. The van der Waals surface area contributed by atoms with Gasteiger partial charge in [-0.25, -0.2) is 9.36 Å². The van der Waals surface area contributed by atoms with Crippen molar-refractivity contribution < 1.29 is 5.11 Å². The lowest BCUT2D eigenvalue weighted by molar-refractivity contribution is 0.0101. The van der Waals surface area contributed by atoms with Gasteiger partial charge in [0.25, 0.3) is 0 Å². The molecule has 1 atom stereocenters. The van der Waals surface area contributed by atoms with Crippen LogP contribution in [0.15, 0.2) is 41.8 Å². The van der Waals surface area contributed by atoms with Gasteiger partial charge < -0.3 is 15.7 Å². The molecule has 3 N–H and O–H groups in total. The van der Waals surface area contributed by atoms with Gasteiger partial charge in [0, 0.05) is 30.7 Å². The first kappa shape index (κ1) is 17.2. The van der Waals surface area contributed by atoms with Crippen LogP contribution in [-0.2, 0) is 12.0 Å². The van der Waals surface area contributed by atoms with Gasteiger partial charge in [-0.05, 0) is 48.1 Å². The molecule has 3 aromatic rings. The highest BCUT2D eigenvalue weighted by atomic mass is 32.1. The van der Waals surface area contributed by atoms with Crippen LogP contribution in [0.4, 0.5) is 17.5 Å². The fourth-order valence-electron chi connectivity index (χ4n) is 3.70. The van der Waals surface area contributed by atoms with Crippen LogP contribution in [0.5, 0.6) is 0 Å². The number of anilines is 2. The maximum absolute atomic E-state index is 10.7. The molecule has 0 bridgehead atoms. The van der Waals surface area contributed by atoms with Crippen LogP contribution < -0.4 is 10.6 Å². The molecule has 142 valence electrons. The van der Waals surface area contributed by atoms with E-state index in [2.05, 4.69) is 19.3 Å². The Morgan fingerprint density at radius 1 is 1.14 bits per heavy atom. The third kappa shape index (κ3) is 2.92. The summed E-state index contributed by atoms with van der Waals surface area (Å²) in [6.07, 6.45) is 8.86. The van der Waals surface area contributed by atoms with Crippen LogP contribution in [-0.4, -0.2) is 43.7 Å². The molecule has 3 aromatic heterocycles. The van der Waals surface area contributed by atoms with Crippen molar-refractivity contribution in [2.45, 2.75) is 24.4 Å². The molecule has 5 rings (SSSR count). The number of aliphatic imine (C=N–C) groups is 1. The largest absolute Gasteiger partial charge is 0.382 e. The quantitative estimate of drug-likeness (QED) is 0.700. The van der Waals surface area contributed by atoms with E-state index in [9.17, 15) is 5.11 Å². The summed E-state index contributed by atoms with van der Waals surface area (Å²) in [4.78, 5) is 20.6. The highest BCUT2D eigenvalue weighted by Gasteiger charge is 2.45. The Bertz CT molecular complexity index is 1020. The average molecular weight is 393 g/mol. The summed E-state index contributed by atoms with van der Waals surface area (Å²) in [6.45, 7) is 0.854. The lowest BCUT2D eigenvalue weighted by Crippen LogP contribution is -2.59. The van der Waals surface area contributed by atoms with Crippen molar-refractivity contribution in [1.82, 2.24) is 19.3 Å². The number of rotatable bonds is 3. The highest BCUT2D eigenvalue weighted by Crippen LogP contribution is 2.38. The van der Waals surface area contributed by atoms with E-state index < -0.39 is 5.60 Å². The van der Waals surface area contributed by atoms with Crippen molar-refractivity contribution in [3.63, 3.8) is 0 Å². The number of β-amino-alcohol motifs (C(OH)–C–C–N with tert-alkyl or cyclic N) is 1. The Labute approximate surface area is 166 Å². The normalized spacial score (nSPS) is 20.3. The summed E-state index contributed by atoms with van der Waals surface area (Å²) in [7, 11) is 0. The van der Waals surface area contributed by atoms with Crippen LogP contribution in [0.25, 0.3) is 0 Å². The maximum Gasteiger partial charge on any atom is 0.227 e. The maximum atomic E-state index is 10.7. The van der Waals surface area contributed by atoms with E-state index in [0.717, 1.165) is 23.4 Å². The summed E-state index contributed by atoms with van der Waals surface area (Å²) >= 11 is 1.31. The zero-order valence-corrected chi connectivity index (χ0v) is 15.9. The molecule has 0 radical (unpaired) electrons. The molecule has 1 unspecified atom stereocenters. The first-order chi connectivity index (χ1) is 13.6. The van der Waals surface area contributed by atoms with Crippen molar-refractivity contribution in [3.8, 4) is 0 Å². The van der Waals surface area contributed by atoms with Gasteiger partial charge in [0.2, 0.25) is 5.95 Å². The molecule has 1 saturated heterocycles. The number of pyridine rings is 1. The molecule has 9 heteroatoms. The summed E-state index contributed by atoms with van der Waals surface area (Å²) in [5, 5.41) is 10.7. The molecule has 0 spiro atoms. The van der Waals surface area contributed by atoms with E-state index in [-0.39, 0.29) is 5.92 Å². The van der Waals surface area contributed by atoms with Gasteiger partial charge in [-0.1, -0.05) is 0 Å². The number of aliphatic hydroxyl groups is 1. The van der Waals surface area contributed by atoms with Crippen LogP contribution in [0.3, 0.4) is 0 Å². The lowest BCUT2D eigenvalue weighted by atomic mass is 9.93. The molecular weight excluding hydrogens is 374 g/mol. The third-order valence-electron chi connectivity index (χ3n) is 5.27. The number of nitrogen functional groups attached to an aromatic ring is 1. The second kappa shape index (κ2) is 6.61. The second-order valence-corrected chi connectivity index (χ2v) is 8.01. The molecule has 0 aliphatic carbocycles. The fourth-order valence-corrected chi connectivity index (χ4v) is 4.35. The van der Waals surface area contributed by atoms with E-state index in [1.807, 2.05) is 29.3 Å². The summed E-state index contributed by atoms with van der Waals surface area (Å²) in [5.74, 6) is 1.11. The number of fused-ring (bicyclic) bond motifs is 1. The van der Waals surface area contributed by atoms with Gasteiger partial charge in [0.1, 0.15) is 11.3 Å². The van der Waals surface area contributed by atoms with E-state index in [1.165, 1.54) is 17.1 Å². The number of hydrogen-bond acceptors (Lipinski definition) is 9. The zero-order valence-electron chi connectivity index (χ0n) is 15.1. The smallest absolute Gasteiger partial charge is 0.227 e. The van der Waals surface area contributed by atoms with E-state index in [0.29, 0.717) is 30.5 Å². The number of hydrogen-bond donors (Lipinski definition) is 2. The molecule has 0 saturated carbocycles. The van der Waals surface area contributed by atoms with Crippen molar-refractivity contribution in [2.24, 2.45) is 4.99 Å². The van der Waals surface area contributed by atoms with Gasteiger partial charge >= 0.3 is 0 Å². The van der Waals surface area contributed by atoms with Gasteiger partial charge in [0.05, 0.1) is 23.7 Å². The highest BCUT2D eigenvalue weighted by molar-refractivity contribution is 7.05. The minimum absolute atomic E-state index is 0.195.